The third kappa shape index (κ3) is 3.52. The van der Waals surface area contributed by atoms with E-state index >= 15 is 0 Å². The molecule has 1 aromatic heterocycles. The number of hydrogen-bond acceptors (Lipinski definition) is 2. The van der Waals surface area contributed by atoms with Crippen LogP contribution in [0.1, 0.15) is 5.56 Å². The number of rotatable bonds is 2. The fourth-order valence-electron chi connectivity index (χ4n) is 2.10. The Bertz CT molecular complexity index is 824. The Hall–Kier alpha value is -1.56. The van der Waals surface area contributed by atoms with Gasteiger partial charge in [0.25, 0.3) is 0 Å². The molecule has 0 aliphatic rings. The number of aromatic nitrogens is 1. The first kappa shape index (κ1) is 16.3. The fourth-order valence-corrected chi connectivity index (χ4v) is 3.37. The van der Waals surface area contributed by atoms with E-state index in [2.05, 4.69) is 4.98 Å². The largest absolute Gasteiger partial charge is 0.416 e. The maximum absolute atomic E-state index is 12.7. The second kappa shape index (κ2) is 6.15. The normalized spacial score (nSPS) is 11.7. The summed E-state index contributed by atoms with van der Waals surface area (Å²) in [5.74, 6) is 0. The third-order valence-corrected chi connectivity index (χ3v) is 4.65. The number of hydrogen-bond donors (Lipinski definition) is 0. The second-order valence-electron chi connectivity index (χ2n) is 4.73. The highest BCUT2D eigenvalue weighted by atomic mass is 35.5. The van der Waals surface area contributed by atoms with Gasteiger partial charge in [-0.25, -0.2) is 4.98 Å². The van der Waals surface area contributed by atoms with Crippen molar-refractivity contribution in [3.05, 3.63) is 63.6 Å². The molecule has 7 heteroatoms. The second-order valence-corrected chi connectivity index (χ2v) is 6.74. The molecule has 2 aromatic carbocycles. The highest BCUT2D eigenvalue weighted by Crippen LogP contribution is 2.40. The van der Waals surface area contributed by atoms with Crippen LogP contribution in [0.3, 0.4) is 0 Å². The van der Waals surface area contributed by atoms with E-state index in [9.17, 15) is 13.2 Å². The van der Waals surface area contributed by atoms with Crippen molar-refractivity contribution in [2.75, 3.05) is 0 Å². The van der Waals surface area contributed by atoms with E-state index in [0.29, 0.717) is 25.6 Å². The summed E-state index contributed by atoms with van der Waals surface area (Å²) in [6.45, 7) is 0. The van der Waals surface area contributed by atoms with Crippen molar-refractivity contribution in [2.45, 2.75) is 6.18 Å². The molecule has 3 aromatic rings. The number of alkyl halides is 3. The van der Waals surface area contributed by atoms with Crippen molar-refractivity contribution in [3.8, 4) is 21.7 Å². The quantitative estimate of drug-likeness (QED) is 0.481. The Morgan fingerprint density at radius 2 is 1.39 bits per heavy atom. The van der Waals surface area contributed by atoms with Crippen LogP contribution in [-0.2, 0) is 6.18 Å². The third-order valence-electron chi connectivity index (χ3n) is 3.19. The Morgan fingerprint density at radius 3 is 1.96 bits per heavy atom. The minimum atomic E-state index is -4.36. The molecule has 0 fully saturated rings. The van der Waals surface area contributed by atoms with Crippen LogP contribution in [0.25, 0.3) is 21.7 Å². The molecule has 0 unspecified atom stereocenters. The van der Waals surface area contributed by atoms with Crippen molar-refractivity contribution >= 4 is 34.5 Å². The van der Waals surface area contributed by atoms with Crippen molar-refractivity contribution < 1.29 is 13.2 Å². The predicted octanol–water partition coefficient (Wildman–Crippen LogP) is 6.80. The van der Waals surface area contributed by atoms with E-state index in [-0.39, 0.29) is 0 Å². The summed E-state index contributed by atoms with van der Waals surface area (Å²) in [6, 6.07) is 12.0. The molecule has 0 atom stereocenters. The minimum Gasteiger partial charge on any atom is -0.224 e. The lowest BCUT2D eigenvalue weighted by Gasteiger charge is -2.08. The van der Waals surface area contributed by atoms with Crippen LogP contribution in [0.4, 0.5) is 13.2 Å². The van der Waals surface area contributed by atoms with Crippen LogP contribution >= 0.6 is 34.5 Å². The van der Waals surface area contributed by atoms with Gasteiger partial charge in [-0.1, -0.05) is 47.5 Å². The highest BCUT2D eigenvalue weighted by Gasteiger charge is 2.30. The van der Waals surface area contributed by atoms with Crippen LogP contribution in [0.5, 0.6) is 0 Å². The molecule has 0 N–H and O–H groups in total. The fraction of sp³-hybridized carbons (Fsp3) is 0.0625. The Kier molecular flexibility index (Phi) is 4.36. The summed E-state index contributed by atoms with van der Waals surface area (Å²) in [5.41, 5.74) is 1.36. The maximum atomic E-state index is 12.7. The summed E-state index contributed by atoms with van der Waals surface area (Å²) in [7, 11) is 0. The summed E-state index contributed by atoms with van der Waals surface area (Å²) < 4.78 is 38.3. The van der Waals surface area contributed by atoms with Gasteiger partial charge in [0.15, 0.2) is 4.47 Å². The molecule has 118 valence electrons. The average Bonchev–Trinajstić information content (AvgIpc) is 2.89. The molecule has 0 radical (unpaired) electrons. The topological polar surface area (TPSA) is 12.9 Å². The lowest BCUT2D eigenvalue weighted by molar-refractivity contribution is -0.137. The first-order chi connectivity index (χ1) is 10.8. The van der Waals surface area contributed by atoms with E-state index in [1.54, 1.807) is 24.3 Å². The predicted molar refractivity (Wildman–Crippen MR) is 88.0 cm³/mol. The Balaban J connectivity index is 2.05. The molecule has 23 heavy (non-hydrogen) atoms. The number of nitrogens with zero attached hydrogens (tertiary/aromatic N) is 1. The van der Waals surface area contributed by atoms with Gasteiger partial charge in [-0.2, -0.15) is 13.2 Å². The number of thiazole rings is 1. The first-order valence-electron chi connectivity index (χ1n) is 6.44. The monoisotopic (exact) mass is 373 g/mol. The molecule has 0 amide bonds. The van der Waals surface area contributed by atoms with Crippen molar-refractivity contribution in [1.29, 1.82) is 0 Å². The van der Waals surface area contributed by atoms with E-state index in [0.717, 1.165) is 17.7 Å². The smallest absolute Gasteiger partial charge is 0.224 e. The molecule has 0 saturated carbocycles. The highest BCUT2D eigenvalue weighted by molar-refractivity contribution is 7.19. The molecular formula is C16H8Cl2F3NS. The SMILES string of the molecule is FC(F)(F)c1ccc(-c2sc(Cl)nc2-c2ccc(Cl)cc2)cc1. The van der Waals surface area contributed by atoms with Gasteiger partial charge in [0, 0.05) is 10.6 Å². The molecule has 0 spiro atoms. The molecule has 0 bridgehead atoms. The van der Waals surface area contributed by atoms with E-state index < -0.39 is 11.7 Å². The lowest BCUT2D eigenvalue weighted by Crippen LogP contribution is -2.03. The number of benzene rings is 2. The van der Waals surface area contributed by atoms with Crippen molar-refractivity contribution in [2.24, 2.45) is 0 Å². The standard InChI is InChI=1S/C16H8Cl2F3NS/c17-12-7-3-9(4-8-12)13-14(23-15(18)22-13)10-1-5-11(6-2-10)16(19,20)21/h1-8H. The van der Waals surface area contributed by atoms with Crippen LogP contribution in [0.15, 0.2) is 48.5 Å². The number of halogens is 5. The van der Waals surface area contributed by atoms with Gasteiger partial charge in [-0.3, -0.25) is 0 Å². The average molecular weight is 374 g/mol. The van der Waals surface area contributed by atoms with Crippen molar-refractivity contribution in [3.63, 3.8) is 0 Å². The van der Waals surface area contributed by atoms with E-state index in [1.807, 2.05) is 0 Å². The summed E-state index contributed by atoms with van der Waals surface area (Å²) in [6.07, 6.45) is -4.36. The molecule has 0 aliphatic carbocycles. The van der Waals surface area contributed by atoms with Crippen molar-refractivity contribution in [1.82, 2.24) is 4.98 Å². The lowest BCUT2D eigenvalue weighted by atomic mass is 10.1. The zero-order valence-corrected chi connectivity index (χ0v) is 13.7. The molecule has 1 nitrogen and oxygen atoms in total. The Labute approximate surface area is 144 Å². The van der Waals surface area contributed by atoms with Gasteiger partial charge in [0.05, 0.1) is 16.1 Å². The van der Waals surface area contributed by atoms with Gasteiger partial charge >= 0.3 is 6.18 Å². The first-order valence-corrected chi connectivity index (χ1v) is 8.02. The molecule has 0 aliphatic heterocycles. The van der Waals surface area contributed by atoms with Crippen LogP contribution < -0.4 is 0 Å². The summed E-state index contributed by atoms with van der Waals surface area (Å²) in [4.78, 5) is 4.99. The van der Waals surface area contributed by atoms with Crippen LogP contribution in [-0.4, -0.2) is 4.98 Å². The molecule has 3 rings (SSSR count). The minimum absolute atomic E-state index is 0.324. The van der Waals surface area contributed by atoms with Crippen LogP contribution in [0.2, 0.25) is 9.49 Å². The van der Waals surface area contributed by atoms with E-state index in [4.69, 9.17) is 23.2 Å². The zero-order valence-electron chi connectivity index (χ0n) is 11.4. The summed E-state index contributed by atoms with van der Waals surface area (Å²) in [5, 5.41) is 0.589. The van der Waals surface area contributed by atoms with Gasteiger partial charge in [0.1, 0.15) is 0 Å². The summed E-state index contributed by atoms with van der Waals surface area (Å²) >= 11 is 13.1. The zero-order chi connectivity index (χ0) is 16.6. The van der Waals surface area contributed by atoms with Gasteiger partial charge in [-0.05, 0) is 29.8 Å². The molecular weight excluding hydrogens is 366 g/mol. The molecule has 1 heterocycles. The Morgan fingerprint density at radius 1 is 0.826 bits per heavy atom. The van der Waals surface area contributed by atoms with E-state index in [1.165, 1.54) is 23.5 Å². The molecule has 0 saturated heterocycles. The van der Waals surface area contributed by atoms with Gasteiger partial charge in [-0.15, -0.1) is 11.3 Å². The van der Waals surface area contributed by atoms with Gasteiger partial charge in [0.2, 0.25) is 0 Å². The van der Waals surface area contributed by atoms with Gasteiger partial charge < -0.3 is 0 Å². The maximum Gasteiger partial charge on any atom is 0.416 e. The van der Waals surface area contributed by atoms with Crippen LogP contribution in [0, 0.1) is 0 Å².